The van der Waals surface area contributed by atoms with Crippen molar-refractivity contribution in [3.8, 4) is 0 Å². The number of benzene rings is 1. The molecule has 5 nitrogen and oxygen atoms in total. The van der Waals surface area contributed by atoms with Gasteiger partial charge in [-0.3, -0.25) is 9.69 Å². The second-order valence-corrected chi connectivity index (χ2v) is 7.25. The van der Waals surface area contributed by atoms with Crippen LogP contribution in [-0.4, -0.2) is 66.7 Å². The molecule has 132 valence electrons. The Morgan fingerprint density at radius 1 is 1.12 bits per heavy atom. The van der Waals surface area contributed by atoms with Crippen molar-refractivity contribution in [2.45, 2.75) is 45.6 Å². The predicted octanol–water partition coefficient (Wildman–Crippen LogP) is 1.73. The van der Waals surface area contributed by atoms with Gasteiger partial charge in [0.25, 0.3) is 5.91 Å². The third kappa shape index (κ3) is 4.35. The fourth-order valence-corrected chi connectivity index (χ4v) is 3.72. The highest BCUT2D eigenvalue weighted by molar-refractivity contribution is 5.94. The fraction of sp³-hybridized carbons (Fsp3) is 0.632. The van der Waals surface area contributed by atoms with Crippen LogP contribution >= 0.6 is 0 Å². The summed E-state index contributed by atoms with van der Waals surface area (Å²) in [4.78, 5) is 17.0. The van der Waals surface area contributed by atoms with Crippen molar-refractivity contribution in [3.63, 3.8) is 0 Å². The van der Waals surface area contributed by atoms with E-state index in [2.05, 4.69) is 43.1 Å². The Kier molecular flexibility index (Phi) is 5.54. The Balaban J connectivity index is 1.59. The quantitative estimate of drug-likeness (QED) is 0.916. The summed E-state index contributed by atoms with van der Waals surface area (Å²) in [6.45, 7) is 11.6. The molecule has 2 saturated heterocycles. The van der Waals surface area contributed by atoms with E-state index in [0.717, 1.165) is 44.8 Å². The number of nitrogens with zero attached hydrogens (tertiary/aromatic N) is 2. The average molecular weight is 331 g/mol. The Labute approximate surface area is 145 Å². The Bertz CT molecular complexity index is 550. The molecule has 0 bridgehead atoms. The molecule has 0 radical (unpaired) electrons. The summed E-state index contributed by atoms with van der Waals surface area (Å²) in [5.74, 6) is 0.142. The van der Waals surface area contributed by atoms with Crippen LogP contribution in [0.15, 0.2) is 24.3 Å². The van der Waals surface area contributed by atoms with Gasteiger partial charge in [-0.2, -0.15) is 0 Å². The minimum atomic E-state index is 0.142. The lowest BCUT2D eigenvalue weighted by Crippen LogP contribution is -2.51. The molecule has 2 fully saturated rings. The van der Waals surface area contributed by atoms with E-state index in [0.29, 0.717) is 6.04 Å². The number of piperazine rings is 1. The molecule has 1 N–H and O–H groups in total. The van der Waals surface area contributed by atoms with Crippen molar-refractivity contribution < 1.29 is 9.53 Å². The maximum atomic E-state index is 12.6. The standard InChI is InChI=1S/C19H29N3O2/c1-14-10-22(9-8-20-14)19(23)18-6-4-17(5-7-18)13-21-11-15(2)24-16(3)12-21/h4-7,14-16,20H,8-13H2,1-3H3/t14-,15-,16+/m1/s1. The summed E-state index contributed by atoms with van der Waals surface area (Å²) in [6, 6.07) is 8.48. The van der Waals surface area contributed by atoms with Gasteiger partial charge in [-0.1, -0.05) is 12.1 Å². The number of hydrogen-bond acceptors (Lipinski definition) is 4. The predicted molar refractivity (Wildman–Crippen MR) is 95.1 cm³/mol. The molecule has 0 aliphatic carbocycles. The van der Waals surface area contributed by atoms with Gasteiger partial charge in [0, 0.05) is 50.9 Å². The normalized spacial score (nSPS) is 28.8. The first-order valence-corrected chi connectivity index (χ1v) is 9.00. The minimum absolute atomic E-state index is 0.142. The summed E-state index contributed by atoms with van der Waals surface area (Å²) in [5.41, 5.74) is 2.04. The van der Waals surface area contributed by atoms with Crippen LogP contribution in [0.1, 0.15) is 36.7 Å². The van der Waals surface area contributed by atoms with Gasteiger partial charge in [0.2, 0.25) is 0 Å². The molecule has 0 saturated carbocycles. The molecule has 1 aromatic rings. The van der Waals surface area contributed by atoms with Gasteiger partial charge in [0.1, 0.15) is 0 Å². The van der Waals surface area contributed by atoms with Gasteiger partial charge in [-0.05, 0) is 38.5 Å². The number of carbonyl (C=O) groups excluding carboxylic acids is 1. The molecule has 1 aromatic carbocycles. The van der Waals surface area contributed by atoms with E-state index in [1.54, 1.807) is 0 Å². The van der Waals surface area contributed by atoms with Crippen LogP contribution in [0.5, 0.6) is 0 Å². The zero-order chi connectivity index (χ0) is 17.1. The monoisotopic (exact) mass is 331 g/mol. The van der Waals surface area contributed by atoms with Crippen molar-refractivity contribution in [1.29, 1.82) is 0 Å². The van der Waals surface area contributed by atoms with Crippen molar-refractivity contribution >= 4 is 5.91 Å². The number of morpholine rings is 1. The van der Waals surface area contributed by atoms with Gasteiger partial charge in [-0.15, -0.1) is 0 Å². The highest BCUT2D eigenvalue weighted by Crippen LogP contribution is 2.15. The minimum Gasteiger partial charge on any atom is -0.373 e. The zero-order valence-corrected chi connectivity index (χ0v) is 15.0. The first kappa shape index (κ1) is 17.4. The van der Waals surface area contributed by atoms with Crippen molar-refractivity contribution in [2.75, 3.05) is 32.7 Å². The Morgan fingerprint density at radius 2 is 1.79 bits per heavy atom. The van der Waals surface area contributed by atoms with E-state index in [1.165, 1.54) is 5.56 Å². The lowest BCUT2D eigenvalue weighted by Gasteiger charge is -2.35. The molecule has 3 atom stereocenters. The van der Waals surface area contributed by atoms with E-state index >= 15 is 0 Å². The van der Waals surface area contributed by atoms with Gasteiger partial charge in [0.15, 0.2) is 0 Å². The summed E-state index contributed by atoms with van der Waals surface area (Å²) >= 11 is 0. The molecule has 1 amide bonds. The van der Waals surface area contributed by atoms with Crippen molar-refractivity contribution in [3.05, 3.63) is 35.4 Å². The van der Waals surface area contributed by atoms with Gasteiger partial charge in [-0.25, -0.2) is 0 Å². The van der Waals surface area contributed by atoms with Crippen LogP contribution in [0.4, 0.5) is 0 Å². The van der Waals surface area contributed by atoms with Crippen molar-refractivity contribution in [2.24, 2.45) is 0 Å². The molecule has 0 aromatic heterocycles. The van der Waals surface area contributed by atoms with E-state index in [9.17, 15) is 4.79 Å². The molecular formula is C19H29N3O2. The molecule has 5 heteroatoms. The number of amides is 1. The lowest BCUT2D eigenvalue weighted by atomic mass is 10.1. The highest BCUT2D eigenvalue weighted by Gasteiger charge is 2.23. The average Bonchev–Trinajstić information content (AvgIpc) is 2.54. The van der Waals surface area contributed by atoms with E-state index in [1.807, 2.05) is 17.0 Å². The number of rotatable bonds is 3. The van der Waals surface area contributed by atoms with Crippen LogP contribution in [0.2, 0.25) is 0 Å². The second-order valence-electron chi connectivity index (χ2n) is 7.25. The molecule has 2 heterocycles. The molecule has 3 rings (SSSR count). The van der Waals surface area contributed by atoms with Crippen molar-refractivity contribution in [1.82, 2.24) is 15.1 Å². The lowest BCUT2D eigenvalue weighted by molar-refractivity contribution is -0.0704. The Morgan fingerprint density at radius 3 is 2.42 bits per heavy atom. The SMILES string of the molecule is C[C@@H]1CN(C(=O)c2ccc(CN3C[C@@H](C)O[C@@H](C)C3)cc2)CCN1. The second kappa shape index (κ2) is 7.64. The number of hydrogen-bond donors (Lipinski definition) is 1. The maximum absolute atomic E-state index is 12.6. The molecular weight excluding hydrogens is 302 g/mol. The van der Waals surface area contributed by atoms with E-state index in [-0.39, 0.29) is 18.1 Å². The Hall–Kier alpha value is -1.43. The molecule has 2 aliphatic heterocycles. The van der Waals surface area contributed by atoms with E-state index < -0.39 is 0 Å². The van der Waals surface area contributed by atoms with Gasteiger partial charge >= 0.3 is 0 Å². The van der Waals surface area contributed by atoms with Gasteiger partial charge < -0.3 is 15.0 Å². The first-order valence-electron chi connectivity index (χ1n) is 9.00. The molecule has 0 spiro atoms. The third-order valence-corrected chi connectivity index (χ3v) is 4.76. The summed E-state index contributed by atoms with van der Waals surface area (Å²) in [7, 11) is 0. The molecule has 0 unspecified atom stereocenters. The number of carbonyl (C=O) groups is 1. The van der Waals surface area contributed by atoms with Crippen LogP contribution in [0, 0.1) is 0 Å². The van der Waals surface area contributed by atoms with Crippen LogP contribution < -0.4 is 5.32 Å². The summed E-state index contributed by atoms with van der Waals surface area (Å²) in [5, 5.41) is 3.37. The molecule has 24 heavy (non-hydrogen) atoms. The zero-order valence-electron chi connectivity index (χ0n) is 15.0. The number of ether oxygens (including phenoxy) is 1. The van der Waals surface area contributed by atoms with Crippen LogP contribution in [0.3, 0.4) is 0 Å². The smallest absolute Gasteiger partial charge is 0.253 e. The van der Waals surface area contributed by atoms with Gasteiger partial charge in [0.05, 0.1) is 12.2 Å². The topological polar surface area (TPSA) is 44.8 Å². The fourth-order valence-electron chi connectivity index (χ4n) is 3.72. The van der Waals surface area contributed by atoms with Crippen LogP contribution in [-0.2, 0) is 11.3 Å². The maximum Gasteiger partial charge on any atom is 0.253 e. The third-order valence-electron chi connectivity index (χ3n) is 4.76. The summed E-state index contributed by atoms with van der Waals surface area (Å²) < 4.78 is 5.78. The molecule has 2 aliphatic rings. The van der Waals surface area contributed by atoms with Crippen LogP contribution in [0.25, 0.3) is 0 Å². The first-order chi connectivity index (χ1) is 11.5. The highest BCUT2D eigenvalue weighted by atomic mass is 16.5. The number of nitrogens with one attached hydrogen (secondary N) is 1. The summed E-state index contributed by atoms with van der Waals surface area (Å²) in [6.07, 6.45) is 0.564. The largest absolute Gasteiger partial charge is 0.373 e. The van der Waals surface area contributed by atoms with E-state index in [4.69, 9.17) is 4.74 Å².